The van der Waals surface area contributed by atoms with Crippen molar-refractivity contribution in [2.75, 3.05) is 25.1 Å². The molecule has 1 aliphatic rings. The molecule has 0 unspecified atom stereocenters. The average molecular weight is 284 g/mol. The zero-order chi connectivity index (χ0) is 13.8. The molecule has 1 fully saturated rings. The number of thiazole rings is 1. The fourth-order valence-corrected chi connectivity index (χ4v) is 3.19. The Hall–Kier alpha value is -1.14. The fourth-order valence-electron chi connectivity index (χ4n) is 2.21. The highest BCUT2D eigenvalue weighted by Crippen LogP contribution is 2.32. The Kier molecular flexibility index (Phi) is 4.76. The van der Waals surface area contributed by atoms with E-state index in [0.29, 0.717) is 10.6 Å². The molecule has 0 atom stereocenters. The van der Waals surface area contributed by atoms with Crippen LogP contribution in [0.5, 0.6) is 0 Å². The quantitative estimate of drug-likeness (QED) is 0.834. The first-order valence-electron chi connectivity index (χ1n) is 6.62. The predicted octanol–water partition coefficient (Wildman–Crippen LogP) is 2.61. The molecular weight excluding hydrogens is 264 g/mol. The van der Waals surface area contributed by atoms with Gasteiger partial charge in [-0.25, -0.2) is 9.78 Å². The maximum absolute atomic E-state index is 11.2. The van der Waals surface area contributed by atoms with Gasteiger partial charge in [-0.1, -0.05) is 17.8 Å². The first-order chi connectivity index (χ1) is 9.15. The van der Waals surface area contributed by atoms with Gasteiger partial charge >= 0.3 is 5.97 Å². The summed E-state index contributed by atoms with van der Waals surface area (Å²) in [4.78, 5) is 18.1. The van der Waals surface area contributed by atoms with Gasteiger partial charge in [-0.2, -0.15) is 0 Å². The summed E-state index contributed by atoms with van der Waals surface area (Å²) in [6.45, 7) is 4.17. The van der Waals surface area contributed by atoms with Crippen molar-refractivity contribution in [2.24, 2.45) is 5.92 Å². The third kappa shape index (κ3) is 3.25. The summed E-state index contributed by atoms with van der Waals surface area (Å²) in [6.07, 6.45) is 3.87. The Morgan fingerprint density at radius 2 is 2.32 bits per heavy atom. The molecular formula is C13H20N2O3S. The van der Waals surface area contributed by atoms with Gasteiger partial charge in [0.15, 0.2) is 5.13 Å². The molecule has 0 aliphatic heterocycles. The Morgan fingerprint density at radius 3 is 2.79 bits per heavy atom. The predicted molar refractivity (Wildman–Crippen MR) is 75.0 cm³/mol. The van der Waals surface area contributed by atoms with Gasteiger partial charge in [0.25, 0.3) is 0 Å². The molecule has 0 bridgehead atoms. The van der Waals surface area contributed by atoms with E-state index in [-0.39, 0.29) is 6.61 Å². The molecule has 0 saturated heterocycles. The van der Waals surface area contributed by atoms with Crippen LogP contribution in [-0.4, -0.2) is 36.3 Å². The molecule has 1 heterocycles. The summed E-state index contributed by atoms with van der Waals surface area (Å²) in [7, 11) is 1.55. The van der Waals surface area contributed by atoms with Crippen molar-refractivity contribution in [2.45, 2.75) is 32.8 Å². The van der Waals surface area contributed by atoms with Crippen LogP contribution in [0.15, 0.2) is 0 Å². The number of anilines is 1. The van der Waals surface area contributed by atoms with E-state index in [1.165, 1.54) is 30.6 Å². The van der Waals surface area contributed by atoms with Gasteiger partial charge in [0, 0.05) is 20.2 Å². The largest absolute Gasteiger partial charge is 0.477 e. The second-order valence-electron chi connectivity index (χ2n) is 4.85. The number of rotatable bonds is 7. The van der Waals surface area contributed by atoms with E-state index >= 15 is 0 Å². The van der Waals surface area contributed by atoms with E-state index < -0.39 is 5.97 Å². The smallest absolute Gasteiger partial charge is 0.347 e. The Morgan fingerprint density at radius 1 is 1.58 bits per heavy atom. The lowest BCUT2D eigenvalue weighted by atomic mass is 9.85. The van der Waals surface area contributed by atoms with Crippen molar-refractivity contribution in [3.8, 4) is 0 Å². The van der Waals surface area contributed by atoms with Crippen molar-refractivity contribution in [1.82, 2.24) is 4.98 Å². The van der Waals surface area contributed by atoms with Gasteiger partial charge < -0.3 is 14.7 Å². The van der Waals surface area contributed by atoms with Crippen LogP contribution in [0.4, 0.5) is 5.13 Å². The van der Waals surface area contributed by atoms with E-state index in [1.54, 1.807) is 7.11 Å². The molecule has 1 N–H and O–H groups in total. The summed E-state index contributed by atoms with van der Waals surface area (Å²) < 4.78 is 5.02. The van der Waals surface area contributed by atoms with Crippen LogP contribution in [0.2, 0.25) is 0 Å². The highest BCUT2D eigenvalue weighted by Gasteiger charge is 2.24. The molecule has 0 aromatic carbocycles. The minimum absolute atomic E-state index is 0.249. The number of carboxylic acid groups (broad SMARTS) is 1. The minimum Gasteiger partial charge on any atom is -0.477 e. The van der Waals surface area contributed by atoms with Gasteiger partial charge in [-0.3, -0.25) is 0 Å². The lowest BCUT2D eigenvalue weighted by molar-refractivity contribution is 0.0697. The molecule has 1 aliphatic carbocycles. The highest BCUT2D eigenvalue weighted by molar-refractivity contribution is 7.17. The number of ether oxygens (including phenoxy) is 1. The van der Waals surface area contributed by atoms with E-state index in [4.69, 9.17) is 4.74 Å². The van der Waals surface area contributed by atoms with Crippen LogP contribution < -0.4 is 4.90 Å². The number of nitrogens with zero attached hydrogens (tertiary/aromatic N) is 2. The molecule has 1 aromatic rings. The molecule has 19 heavy (non-hydrogen) atoms. The molecule has 0 amide bonds. The number of hydrogen-bond donors (Lipinski definition) is 1. The van der Waals surface area contributed by atoms with Crippen LogP contribution in [0.1, 0.15) is 41.6 Å². The van der Waals surface area contributed by atoms with Crippen LogP contribution in [0.25, 0.3) is 0 Å². The van der Waals surface area contributed by atoms with Gasteiger partial charge in [0.1, 0.15) is 4.88 Å². The highest BCUT2D eigenvalue weighted by atomic mass is 32.1. The Labute approximate surface area is 117 Å². The Bertz CT molecular complexity index is 443. The van der Waals surface area contributed by atoms with Gasteiger partial charge in [-0.15, -0.1) is 0 Å². The van der Waals surface area contributed by atoms with E-state index in [9.17, 15) is 9.90 Å². The number of carboxylic acids is 1. The number of aromatic carboxylic acids is 1. The maximum atomic E-state index is 11.2. The van der Waals surface area contributed by atoms with Crippen molar-refractivity contribution < 1.29 is 14.6 Å². The summed E-state index contributed by atoms with van der Waals surface area (Å²) in [5.74, 6) is -0.182. The molecule has 0 radical (unpaired) electrons. The summed E-state index contributed by atoms with van der Waals surface area (Å²) in [5.41, 5.74) is 0.530. The van der Waals surface area contributed by atoms with Crippen molar-refractivity contribution in [1.29, 1.82) is 0 Å². The van der Waals surface area contributed by atoms with Crippen molar-refractivity contribution in [3.05, 3.63) is 10.6 Å². The third-order valence-electron chi connectivity index (χ3n) is 3.52. The van der Waals surface area contributed by atoms with Crippen molar-refractivity contribution >= 4 is 22.4 Å². The fraction of sp³-hybridized carbons (Fsp3) is 0.692. The second kappa shape index (κ2) is 6.34. The van der Waals surface area contributed by atoms with Gasteiger partial charge in [0.2, 0.25) is 0 Å². The lowest BCUT2D eigenvalue weighted by Crippen LogP contribution is -2.32. The number of methoxy groups -OCH3 is 1. The number of carbonyl (C=O) groups is 1. The van der Waals surface area contributed by atoms with E-state index in [0.717, 1.165) is 24.1 Å². The van der Waals surface area contributed by atoms with Gasteiger partial charge in [-0.05, 0) is 25.7 Å². The number of aromatic nitrogens is 1. The van der Waals surface area contributed by atoms with E-state index in [2.05, 4.69) is 16.8 Å². The molecule has 1 saturated carbocycles. The first kappa shape index (κ1) is 14.3. The van der Waals surface area contributed by atoms with E-state index in [1.807, 2.05) is 0 Å². The molecule has 1 aromatic heterocycles. The van der Waals surface area contributed by atoms with Gasteiger partial charge in [0.05, 0.1) is 12.3 Å². The second-order valence-corrected chi connectivity index (χ2v) is 5.82. The topological polar surface area (TPSA) is 62.7 Å². The zero-order valence-corrected chi connectivity index (χ0v) is 12.2. The lowest BCUT2D eigenvalue weighted by Gasteiger charge is -2.31. The summed E-state index contributed by atoms with van der Waals surface area (Å²) >= 11 is 1.25. The van der Waals surface area contributed by atoms with Crippen LogP contribution in [-0.2, 0) is 11.3 Å². The molecule has 0 spiro atoms. The van der Waals surface area contributed by atoms with Crippen LogP contribution in [0.3, 0.4) is 0 Å². The third-order valence-corrected chi connectivity index (χ3v) is 4.66. The normalized spacial score (nSPS) is 15.3. The van der Waals surface area contributed by atoms with Crippen LogP contribution in [0, 0.1) is 5.92 Å². The molecule has 2 rings (SSSR count). The summed E-state index contributed by atoms with van der Waals surface area (Å²) in [5, 5.41) is 10.0. The molecule has 6 heteroatoms. The molecule has 106 valence electrons. The monoisotopic (exact) mass is 284 g/mol. The molecule has 5 nitrogen and oxygen atoms in total. The maximum Gasteiger partial charge on any atom is 0.347 e. The zero-order valence-electron chi connectivity index (χ0n) is 11.4. The van der Waals surface area contributed by atoms with Crippen LogP contribution >= 0.6 is 11.3 Å². The standard InChI is InChI=1S/C13H20N2O3S/c1-3-15(7-9-5-4-6-9)13-14-10(8-18-2)11(19-13)12(16)17/h9H,3-8H2,1-2H3,(H,16,17). The average Bonchev–Trinajstić information content (AvgIpc) is 2.72. The van der Waals surface area contributed by atoms with Crippen molar-refractivity contribution in [3.63, 3.8) is 0 Å². The Balaban J connectivity index is 2.16. The number of hydrogen-bond acceptors (Lipinski definition) is 5. The summed E-state index contributed by atoms with van der Waals surface area (Å²) in [6, 6.07) is 0. The SMILES string of the molecule is CCN(CC1CCC1)c1nc(COC)c(C(=O)O)s1. The first-order valence-corrected chi connectivity index (χ1v) is 7.44. The minimum atomic E-state index is -0.921.